The standard InChI is InChI=1S/C6H7O3/c1-2-3-5(8)6(9)4-7/h4H,1-3H2. The molecule has 3 heteroatoms. The van der Waals surface area contributed by atoms with E-state index in [0.717, 1.165) is 0 Å². The molecular weight excluding hydrogens is 120 g/mol. The molecule has 0 amide bonds. The van der Waals surface area contributed by atoms with Crippen molar-refractivity contribution < 1.29 is 14.4 Å². The van der Waals surface area contributed by atoms with Crippen molar-refractivity contribution in [1.29, 1.82) is 0 Å². The summed E-state index contributed by atoms with van der Waals surface area (Å²) in [5.41, 5.74) is 0. The third kappa shape index (κ3) is 2.74. The Morgan fingerprint density at radius 1 is 1.44 bits per heavy atom. The van der Waals surface area contributed by atoms with Gasteiger partial charge < -0.3 is 0 Å². The minimum Gasteiger partial charge on any atom is -0.294 e. The second kappa shape index (κ2) is 3.95. The van der Waals surface area contributed by atoms with Gasteiger partial charge in [-0.3, -0.25) is 14.4 Å². The molecule has 0 saturated carbocycles. The highest BCUT2D eigenvalue weighted by atomic mass is 16.2. The maximum Gasteiger partial charge on any atom is 0.260 e. The van der Waals surface area contributed by atoms with Gasteiger partial charge in [0.2, 0.25) is 5.78 Å². The summed E-state index contributed by atoms with van der Waals surface area (Å²) in [6.07, 6.45) is 0.452. The Labute approximate surface area is 53.0 Å². The highest BCUT2D eigenvalue weighted by molar-refractivity contribution is 6.57. The van der Waals surface area contributed by atoms with Crippen molar-refractivity contribution in [3.8, 4) is 0 Å². The lowest BCUT2D eigenvalue weighted by molar-refractivity contribution is -0.140. The fraction of sp³-hybridized carbons (Fsp3) is 0.333. The number of aldehydes is 1. The average Bonchev–Trinajstić information content (AvgIpc) is 1.87. The quantitative estimate of drug-likeness (QED) is 0.302. The van der Waals surface area contributed by atoms with Crippen molar-refractivity contribution in [3.63, 3.8) is 0 Å². The van der Waals surface area contributed by atoms with Crippen LogP contribution in [-0.4, -0.2) is 17.9 Å². The number of rotatable bonds is 4. The van der Waals surface area contributed by atoms with Crippen LogP contribution in [0.5, 0.6) is 0 Å². The van der Waals surface area contributed by atoms with Crippen LogP contribution in [0.4, 0.5) is 0 Å². The molecule has 0 rings (SSSR count). The zero-order chi connectivity index (χ0) is 7.28. The molecule has 0 heterocycles. The maximum absolute atomic E-state index is 10.4. The van der Waals surface area contributed by atoms with Crippen molar-refractivity contribution in [1.82, 2.24) is 0 Å². The molecule has 49 valence electrons. The monoisotopic (exact) mass is 127 g/mol. The molecule has 0 aromatic heterocycles. The Morgan fingerprint density at radius 2 is 2.00 bits per heavy atom. The Bertz CT molecular complexity index is 137. The molecule has 0 bridgehead atoms. The number of Topliss-reactive ketones (excluding diaryl/α,β-unsaturated/α-hetero) is 2. The lowest BCUT2D eigenvalue weighted by Gasteiger charge is -1.86. The van der Waals surface area contributed by atoms with Gasteiger partial charge in [0.05, 0.1) is 0 Å². The molecule has 0 aromatic rings. The molecule has 0 aromatic carbocycles. The van der Waals surface area contributed by atoms with E-state index in [1.54, 1.807) is 0 Å². The van der Waals surface area contributed by atoms with Crippen LogP contribution in [0.1, 0.15) is 12.8 Å². The Balaban J connectivity index is 3.73. The van der Waals surface area contributed by atoms with E-state index in [2.05, 4.69) is 6.92 Å². The molecule has 3 nitrogen and oxygen atoms in total. The predicted molar refractivity (Wildman–Crippen MR) is 30.7 cm³/mol. The van der Waals surface area contributed by atoms with Crippen molar-refractivity contribution >= 4 is 17.9 Å². The first-order chi connectivity index (χ1) is 4.22. The van der Waals surface area contributed by atoms with Crippen molar-refractivity contribution in [2.24, 2.45) is 0 Å². The highest BCUT2D eigenvalue weighted by Gasteiger charge is 2.09. The Kier molecular flexibility index (Phi) is 3.51. The topological polar surface area (TPSA) is 51.2 Å². The molecule has 0 fully saturated rings. The minimum atomic E-state index is -0.960. The van der Waals surface area contributed by atoms with Gasteiger partial charge in [-0.1, -0.05) is 6.92 Å². The van der Waals surface area contributed by atoms with E-state index < -0.39 is 11.6 Å². The second-order valence-corrected chi connectivity index (χ2v) is 1.51. The van der Waals surface area contributed by atoms with Crippen LogP contribution in [0.3, 0.4) is 0 Å². The largest absolute Gasteiger partial charge is 0.294 e. The normalized spacial score (nSPS) is 8.56. The van der Waals surface area contributed by atoms with E-state index in [1.807, 2.05) is 0 Å². The number of carbonyl (C=O) groups is 3. The van der Waals surface area contributed by atoms with Crippen LogP contribution < -0.4 is 0 Å². The van der Waals surface area contributed by atoms with Crippen LogP contribution in [0.25, 0.3) is 0 Å². The third-order valence-corrected chi connectivity index (χ3v) is 0.786. The molecule has 0 N–H and O–H groups in total. The fourth-order valence-corrected chi connectivity index (χ4v) is 0.349. The number of ketones is 2. The van der Waals surface area contributed by atoms with E-state index in [9.17, 15) is 14.4 Å². The maximum atomic E-state index is 10.4. The zero-order valence-electron chi connectivity index (χ0n) is 4.92. The number of carbonyl (C=O) groups excluding carboxylic acids is 3. The first kappa shape index (κ1) is 8.01. The highest BCUT2D eigenvalue weighted by Crippen LogP contribution is 1.87. The second-order valence-electron chi connectivity index (χ2n) is 1.51. The van der Waals surface area contributed by atoms with Gasteiger partial charge in [0, 0.05) is 6.42 Å². The van der Waals surface area contributed by atoms with Crippen LogP contribution in [0.15, 0.2) is 0 Å². The minimum absolute atomic E-state index is 0.0258. The van der Waals surface area contributed by atoms with Gasteiger partial charge >= 0.3 is 0 Å². The zero-order valence-corrected chi connectivity index (χ0v) is 4.92. The molecule has 0 atom stereocenters. The summed E-state index contributed by atoms with van der Waals surface area (Å²) < 4.78 is 0. The summed E-state index contributed by atoms with van der Waals surface area (Å²) in [6, 6.07) is 0. The van der Waals surface area contributed by atoms with E-state index in [-0.39, 0.29) is 12.7 Å². The lowest BCUT2D eigenvalue weighted by Crippen LogP contribution is -2.13. The van der Waals surface area contributed by atoms with Gasteiger partial charge in [-0.25, -0.2) is 0 Å². The van der Waals surface area contributed by atoms with Gasteiger partial charge in [-0.05, 0) is 6.42 Å². The van der Waals surface area contributed by atoms with Gasteiger partial charge in [-0.15, -0.1) is 0 Å². The molecule has 9 heavy (non-hydrogen) atoms. The van der Waals surface area contributed by atoms with Crippen LogP contribution in [0, 0.1) is 6.92 Å². The molecule has 0 aliphatic carbocycles. The molecule has 0 spiro atoms. The molecule has 1 radical (unpaired) electrons. The molecule has 0 aliphatic heterocycles. The van der Waals surface area contributed by atoms with Gasteiger partial charge in [0.1, 0.15) is 0 Å². The molecule has 0 saturated heterocycles. The van der Waals surface area contributed by atoms with Gasteiger partial charge in [0.25, 0.3) is 5.78 Å². The lowest BCUT2D eigenvalue weighted by atomic mass is 10.2. The number of hydrogen-bond donors (Lipinski definition) is 0. The van der Waals surface area contributed by atoms with E-state index in [4.69, 9.17) is 0 Å². The van der Waals surface area contributed by atoms with Crippen molar-refractivity contribution in [2.75, 3.05) is 0 Å². The first-order valence-corrected chi connectivity index (χ1v) is 2.54. The summed E-state index contributed by atoms with van der Waals surface area (Å²) in [7, 11) is 0. The molecule has 0 unspecified atom stereocenters. The van der Waals surface area contributed by atoms with Gasteiger partial charge in [0.15, 0.2) is 6.29 Å². The smallest absolute Gasteiger partial charge is 0.260 e. The van der Waals surface area contributed by atoms with Crippen LogP contribution in [-0.2, 0) is 14.4 Å². The average molecular weight is 127 g/mol. The summed E-state index contributed by atoms with van der Waals surface area (Å²) >= 11 is 0. The van der Waals surface area contributed by atoms with Crippen molar-refractivity contribution in [3.05, 3.63) is 6.92 Å². The van der Waals surface area contributed by atoms with Crippen LogP contribution in [0.2, 0.25) is 0 Å². The third-order valence-electron chi connectivity index (χ3n) is 0.786. The summed E-state index contributed by atoms with van der Waals surface area (Å²) in [5.74, 6) is -1.61. The van der Waals surface area contributed by atoms with Crippen molar-refractivity contribution in [2.45, 2.75) is 12.8 Å². The van der Waals surface area contributed by atoms with Crippen LogP contribution >= 0.6 is 0 Å². The summed E-state index contributed by atoms with van der Waals surface area (Å²) in [6.45, 7) is 3.35. The Hall–Kier alpha value is -0.990. The molecular formula is C6H7O3. The predicted octanol–water partition coefficient (Wildman–Crippen LogP) is -0.0622. The number of hydrogen-bond acceptors (Lipinski definition) is 3. The van der Waals surface area contributed by atoms with E-state index in [0.29, 0.717) is 6.42 Å². The summed E-state index contributed by atoms with van der Waals surface area (Å²) in [4.78, 5) is 30.1. The van der Waals surface area contributed by atoms with Gasteiger partial charge in [-0.2, -0.15) is 0 Å². The summed E-state index contributed by atoms with van der Waals surface area (Å²) in [5, 5.41) is 0. The first-order valence-electron chi connectivity index (χ1n) is 2.54. The van der Waals surface area contributed by atoms with E-state index >= 15 is 0 Å². The molecule has 0 aliphatic rings. The van der Waals surface area contributed by atoms with E-state index in [1.165, 1.54) is 0 Å². The fourth-order valence-electron chi connectivity index (χ4n) is 0.349. The SMILES string of the molecule is [CH2]CCC(=O)C(=O)C=O. The Morgan fingerprint density at radius 3 is 2.33 bits per heavy atom.